The van der Waals surface area contributed by atoms with Crippen LogP contribution in [0.15, 0.2) is 24.3 Å². The molecule has 3 rings (SSSR count). The fraction of sp³-hybridized carbons (Fsp3) is 0.533. The average Bonchev–Trinajstić information content (AvgIpc) is 2.77. The first-order chi connectivity index (χ1) is 9.09. The van der Waals surface area contributed by atoms with Gasteiger partial charge in [-0.05, 0) is 30.5 Å². The number of hydrogen-bond donors (Lipinski definition) is 2. The molecule has 1 saturated heterocycles. The number of hydrogen-bond acceptors (Lipinski definition) is 3. The van der Waals surface area contributed by atoms with Crippen molar-refractivity contribution in [3.63, 3.8) is 0 Å². The summed E-state index contributed by atoms with van der Waals surface area (Å²) < 4.78 is 0. The van der Waals surface area contributed by atoms with Crippen molar-refractivity contribution >= 4 is 5.91 Å². The van der Waals surface area contributed by atoms with Gasteiger partial charge < -0.3 is 15.3 Å². The van der Waals surface area contributed by atoms with Gasteiger partial charge in [0.25, 0.3) is 0 Å². The third-order valence-corrected chi connectivity index (χ3v) is 4.28. The maximum Gasteiger partial charge on any atom is 0.230 e. The lowest BCUT2D eigenvalue weighted by atomic mass is 9.77. The summed E-state index contributed by atoms with van der Waals surface area (Å²) in [4.78, 5) is 14.1. The lowest BCUT2D eigenvalue weighted by molar-refractivity contribution is -0.135. The van der Waals surface area contributed by atoms with Gasteiger partial charge in [0, 0.05) is 13.6 Å². The van der Waals surface area contributed by atoms with E-state index in [1.54, 1.807) is 11.9 Å². The van der Waals surface area contributed by atoms with E-state index in [9.17, 15) is 9.90 Å². The number of benzene rings is 1. The van der Waals surface area contributed by atoms with Gasteiger partial charge in [-0.15, -0.1) is 0 Å². The maximum atomic E-state index is 12.4. The molecule has 0 spiro atoms. The fourth-order valence-corrected chi connectivity index (χ4v) is 3.13. The second-order valence-electron chi connectivity index (χ2n) is 5.80. The Hall–Kier alpha value is -1.39. The van der Waals surface area contributed by atoms with Gasteiger partial charge in [-0.2, -0.15) is 0 Å². The molecular formula is C15H20N2O2. The minimum absolute atomic E-state index is 0.0147. The Labute approximate surface area is 113 Å². The van der Waals surface area contributed by atoms with Gasteiger partial charge in [-0.25, -0.2) is 0 Å². The molecule has 0 radical (unpaired) electrons. The molecule has 1 aromatic rings. The third kappa shape index (κ3) is 2.26. The molecule has 1 aliphatic heterocycles. The second-order valence-corrected chi connectivity index (χ2v) is 5.80. The zero-order chi connectivity index (χ0) is 13.5. The van der Waals surface area contributed by atoms with Crippen molar-refractivity contribution in [1.29, 1.82) is 0 Å². The Morgan fingerprint density at radius 1 is 1.53 bits per heavy atom. The predicted octanol–water partition coefficient (Wildman–Crippen LogP) is 0.509. The molecule has 2 atom stereocenters. The van der Waals surface area contributed by atoms with E-state index in [1.807, 2.05) is 18.2 Å². The first-order valence-corrected chi connectivity index (χ1v) is 6.85. The van der Waals surface area contributed by atoms with E-state index in [1.165, 1.54) is 5.56 Å². The van der Waals surface area contributed by atoms with Crippen LogP contribution in [0.2, 0.25) is 0 Å². The van der Waals surface area contributed by atoms with Crippen molar-refractivity contribution in [3.05, 3.63) is 35.4 Å². The number of aliphatic hydroxyl groups is 1. The highest BCUT2D eigenvalue weighted by molar-refractivity contribution is 5.86. The van der Waals surface area contributed by atoms with Crippen LogP contribution in [0.25, 0.3) is 0 Å². The molecule has 1 amide bonds. The molecule has 0 bridgehead atoms. The lowest BCUT2D eigenvalue weighted by Crippen LogP contribution is -2.47. The molecule has 1 aliphatic carbocycles. The number of nitrogens with one attached hydrogen (secondary N) is 1. The summed E-state index contributed by atoms with van der Waals surface area (Å²) in [6.45, 7) is 1.81. The van der Waals surface area contributed by atoms with Gasteiger partial charge in [0.1, 0.15) is 0 Å². The minimum Gasteiger partial charge on any atom is -0.387 e. The van der Waals surface area contributed by atoms with E-state index in [4.69, 9.17) is 0 Å². The van der Waals surface area contributed by atoms with Crippen LogP contribution in [0.1, 0.15) is 23.5 Å². The third-order valence-electron chi connectivity index (χ3n) is 4.28. The van der Waals surface area contributed by atoms with E-state index in [0.717, 1.165) is 18.5 Å². The summed E-state index contributed by atoms with van der Waals surface area (Å²) in [5.74, 6) is 0.109. The number of β-amino-alcohol motifs (C(OH)–C–C–N with tert-alkyl or cyclic N) is 1. The summed E-state index contributed by atoms with van der Waals surface area (Å²) in [5, 5.41) is 13.5. The smallest absolute Gasteiger partial charge is 0.230 e. The SMILES string of the molecule is CN(CC1(O)CCNC1)C(=O)C1Cc2ccccc21. The highest BCUT2D eigenvalue weighted by atomic mass is 16.3. The molecule has 0 aromatic heterocycles. The van der Waals surface area contributed by atoms with Crippen LogP contribution in [0.4, 0.5) is 0 Å². The normalized spacial score (nSPS) is 28.6. The molecular weight excluding hydrogens is 240 g/mol. The van der Waals surface area contributed by atoms with Crippen LogP contribution in [0.5, 0.6) is 0 Å². The fourth-order valence-electron chi connectivity index (χ4n) is 3.13. The number of likely N-dealkylation sites (N-methyl/N-ethyl adjacent to an activating group) is 1. The quantitative estimate of drug-likeness (QED) is 0.832. The van der Waals surface area contributed by atoms with Crippen LogP contribution < -0.4 is 5.32 Å². The van der Waals surface area contributed by atoms with E-state index in [2.05, 4.69) is 11.4 Å². The van der Waals surface area contributed by atoms with E-state index in [-0.39, 0.29) is 11.8 Å². The molecule has 4 heteroatoms. The van der Waals surface area contributed by atoms with E-state index in [0.29, 0.717) is 19.5 Å². The predicted molar refractivity (Wildman–Crippen MR) is 73.0 cm³/mol. The molecule has 4 nitrogen and oxygen atoms in total. The highest BCUT2D eigenvalue weighted by Gasteiger charge is 2.38. The Bertz CT molecular complexity index is 495. The first kappa shape index (κ1) is 12.6. The largest absolute Gasteiger partial charge is 0.387 e. The van der Waals surface area contributed by atoms with Gasteiger partial charge in [-0.3, -0.25) is 4.79 Å². The second kappa shape index (κ2) is 4.62. The summed E-state index contributed by atoms with van der Waals surface area (Å²) in [6.07, 6.45) is 1.54. The summed E-state index contributed by atoms with van der Waals surface area (Å²) in [7, 11) is 1.79. The number of rotatable bonds is 3. The highest BCUT2D eigenvalue weighted by Crippen LogP contribution is 2.36. The first-order valence-electron chi connectivity index (χ1n) is 6.85. The molecule has 2 N–H and O–H groups in total. The van der Waals surface area contributed by atoms with Crippen molar-refractivity contribution in [1.82, 2.24) is 10.2 Å². The standard InChI is InChI=1S/C15H20N2O2/c1-17(10-15(19)6-7-16-9-15)14(18)13-8-11-4-2-3-5-12(11)13/h2-5,13,16,19H,6-10H2,1H3. The van der Waals surface area contributed by atoms with Crippen molar-refractivity contribution in [2.45, 2.75) is 24.4 Å². The molecule has 1 heterocycles. The molecule has 1 aromatic carbocycles. The van der Waals surface area contributed by atoms with Gasteiger partial charge in [0.15, 0.2) is 0 Å². The zero-order valence-corrected chi connectivity index (χ0v) is 11.2. The average molecular weight is 260 g/mol. The number of amides is 1. The Balaban J connectivity index is 1.65. The monoisotopic (exact) mass is 260 g/mol. The van der Waals surface area contributed by atoms with Crippen LogP contribution in [0.3, 0.4) is 0 Å². The Morgan fingerprint density at radius 2 is 2.32 bits per heavy atom. The number of nitrogens with zero attached hydrogens (tertiary/aromatic N) is 1. The van der Waals surface area contributed by atoms with Crippen LogP contribution >= 0.6 is 0 Å². The van der Waals surface area contributed by atoms with E-state index < -0.39 is 5.60 Å². The topological polar surface area (TPSA) is 52.6 Å². The molecule has 19 heavy (non-hydrogen) atoms. The Morgan fingerprint density at radius 3 is 3.00 bits per heavy atom. The van der Waals surface area contributed by atoms with Crippen molar-refractivity contribution < 1.29 is 9.90 Å². The molecule has 1 fully saturated rings. The van der Waals surface area contributed by atoms with Gasteiger partial charge in [-0.1, -0.05) is 24.3 Å². The molecule has 2 unspecified atom stereocenters. The molecule has 102 valence electrons. The van der Waals surface area contributed by atoms with Gasteiger partial charge in [0.05, 0.1) is 18.1 Å². The van der Waals surface area contributed by atoms with Crippen LogP contribution in [-0.2, 0) is 11.2 Å². The van der Waals surface area contributed by atoms with Gasteiger partial charge >= 0.3 is 0 Å². The summed E-state index contributed by atoms with van der Waals surface area (Å²) in [6, 6.07) is 8.09. The Kier molecular flexibility index (Phi) is 3.07. The minimum atomic E-state index is -0.756. The van der Waals surface area contributed by atoms with Crippen molar-refractivity contribution in [3.8, 4) is 0 Å². The summed E-state index contributed by atoms with van der Waals surface area (Å²) in [5.41, 5.74) is 1.67. The maximum absolute atomic E-state index is 12.4. The zero-order valence-electron chi connectivity index (χ0n) is 11.2. The van der Waals surface area contributed by atoms with Gasteiger partial charge in [0.2, 0.25) is 5.91 Å². The number of carbonyl (C=O) groups excluding carboxylic acids is 1. The van der Waals surface area contributed by atoms with E-state index >= 15 is 0 Å². The summed E-state index contributed by atoms with van der Waals surface area (Å²) >= 11 is 0. The number of fused-ring (bicyclic) bond motifs is 1. The van der Waals surface area contributed by atoms with Crippen molar-refractivity contribution in [2.24, 2.45) is 0 Å². The molecule has 0 saturated carbocycles. The lowest BCUT2D eigenvalue weighted by Gasteiger charge is -2.35. The molecule has 2 aliphatic rings. The van der Waals surface area contributed by atoms with Crippen molar-refractivity contribution in [2.75, 3.05) is 26.7 Å². The van der Waals surface area contributed by atoms with Crippen LogP contribution in [-0.4, -0.2) is 48.2 Å². The van der Waals surface area contributed by atoms with Crippen LogP contribution in [0, 0.1) is 0 Å². The number of carbonyl (C=O) groups is 1.